The number of amides is 1. The van der Waals surface area contributed by atoms with Crippen molar-refractivity contribution in [3.8, 4) is 5.75 Å². The summed E-state index contributed by atoms with van der Waals surface area (Å²) >= 11 is 0. The molecule has 0 aliphatic heterocycles. The normalized spacial score (nSPS) is 11.6. The quantitative estimate of drug-likeness (QED) is 0.630. The molecule has 0 fully saturated rings. The molecule has 6 nitrogen and oxygen atoms in total. The summed E-state index contributed by atoms with van der Waals surface area (Å²) in [4.78, 5) is 23.0. The number of hydrogen-bond acceptors (Lipinski definition) is 4. The van der Waals surface area contributed by atoms with Gasteiger partial charge >= 0.3 is 5.69 Å². The minimum absolute atomic E-state index is 0.122. The second-order valence-electron chi connectivity index (χ2n) is 5.49. The van der Waals surface area contributed by atoms with Gasteiger partial charge in [-0.15, -0.1) is 0 Å². The van der Waals surface area contributed by atoms with Gasteiger partial charge in [-0.05, 0) is 36.1 Å². The molecule has 1 amide bonds. The third-order valence-corrected chi connectivity index (χ3v) is 3.99. The average molecular weight is 328 g/mol. The standard InChI is InChI=1S/C18H20N2O4/c1-4-12(2)14-7-5-6-8-15(14)19-18(21)13-9-10-17(24-3)16(11-13)20(22)23/h5-12H,4H2,1-3H3,(H,19,21)/t12-/m0/s1. The number of methoxy groups -OCH3 is 1. The van der Waals surface area contributed by atoms with E-state index in [0.717, 1.165) is 17.7 Å². The van der Waals surface area contributed by atoms with E-state index in [1.165, 1.54) is 25.3 Å². The number of rotatable bonds is 6. The third-order valence-electron chi connectivity index (χ3n) is 3.99. The number of nitrogens with one attached hydrogen (secondary N) is 1. The predicted molar refractivity (Wildman–Crippen MR) is 92.7 cm³/mol. The molecule has 6 heteroatoms. The number of nitrogens with zero attached hydrogens (tertiary/aromatic N) is 1. The first-order chi connectivity index (χ1) is 11.5. The van der Waals surface area contributed by atoms with E-state index in [4.69, 9.17) is 4.74 Å². The molecule has 0 spiro atoms. The summed E-state index contributed by atoms with van der Waals surface area (Å²) in [6.45, 7) is 4.17. The van der Waals surface area contributed by atoms with Crippen LogP contribution in [0.15, 0.2) is 42.5 Å². The minimum Gasteiger partial charge on any atom is -0.490 e. The van der Waals surface area contributed by atoms with Crippen LogP contribution in [0.25, 0.3) is 0 Å². The topological polar surface area (TPSA) is 81.5 Å². The molecule has 0 radical (unpaired) electrons. The molecule has 24 heavy (non-hydrogen) atoms. The molecule has 2 aromatic carbocycles. The van der Waals surface area contributed by atoms with E-state index in [1.54, 1.807) is 0 Å². The smallest absolute Gasteiger partial charge is 0.311 e. The van der Waals surface area contributed by atoms with E-state index in [-0.39, 0.29) is 17.0 Å². The maximum Gasteiger partial charge on any atom is 0.311 e. The lowest BCUT2D eigenvalue weighted by Gasteiger charge is -2.15. The molecule has 0 saturated carbocycles. The molecule has 0 aromatic heterocycles. The summed E-state index contributed by atoms with van der Waals surface area (Å²) in [5, 5.41) is 13.9. The summed E-state index contributed by atoms with van der Waals surface area (Å²) in [6, 6.07) is 11.7. The van der Waals surface area contributed by atoms with Gasteiger partial charge < -0.3 is 10.1 Å². The van der Waals surface area contributed by atoms with Gasteiger partial charge in [0.25, 0.3) is 5.91 Å². The Morgan fingerprint density at radius 1 is 1.29 bits per heavy atom. The first-order valence-corrected chi connectivity index (χ1v) is 7.70. The summed E-state index contributed by atoms with van der Waals surface area (Å²) in [6.07, 6.45) is 0.945. The van der Waals surface area contributed by atoms with Crippen molar-refractivity contribution in [2.75, 3.05) is 12.4 Å². The van der Waals surface area contributed by atoms with Crippen LogP contribution in [0.2, 0.25) is 0 Å². The summed E-state index contributed by atoms with van der Waals surface area (Å²) in [5.41, 5.74) is 1.73. The number of hydrogen-bond donors (Lipinski definition) is 1. The van der Waals surface area contributed by atoms with Crippen molar-refractivity contribution in [2.45, 2.75) is 26.2 Å². The van der Waals surface area contributed by atoms with Crippen molar-refractivity contribution in [2.24, 2.45) is 0 Å². The fourth-order valence-electron chi connectivity index (χ4n) is 2.43. The fourth-order valence-corrected chi connectivity index (χ4v) is 2.43. The summed E-state index contributed by atoms with van der Waals surface area (Å²) in [7, 11) is 1.35. The van der Waals surface area contributed by atoms with Crippen molar-refractivity contribution in [3.05, 3.63) is 63.7 Å². The zero-order chi connectivity index (χ0) is 17.7. The van der Waals surface area contributed by atoms with Gasteiger partial charge in [0, 0.05) is 17.3 Å². The van der Waals surface area contributed by atoms with Crippen LogP contribution in [-0.4, -0.2) is 17.9 Å². The molecular weight excluding hydrogens is 308 g/mol. The molecule has 2 aromatic rings. The highest BCUT2D eigenvalue weighted by Crippen LogP contribution is 2.29. The number of anilines is 1. The number of ether oxygens (including phenoxy) is 1. The predicted octanol–water partition coefficient (Wildman–Crippen LogP) is 4.37. The first-order valence-electron chi connectivity index (χ1n) is 7.70. The Morgan fingerprint density at radius 3 is 2.62 bits per heavy atom. The molecule has 0 aliphatic rings. The summed E-state index contributed by atoms with van der Waals surface area (Å²) < 4.78 is 4.95. The van der Waals surface area contributed by atoms with Crippen LogP contribution in [0.1, 0.15) is 42.1 Å². The lowest BCUT2D eigenvalue weighted by Crippen LogP contribution is -2.14. The minimum atomic E-state index is -0.567. The van der Waals surface area contributed by atoms with Gasteiger partial charge in [-0.25, -0.2) is 0 Å². The zero-order valence-corrected chi connectivity index (χ0v) is 13.9. The SMILES string of the molecule is CC[C@H](C)c1ccccc1NC(=O)c1ccc(OC)c([N+](=O)[O-])c1. The highest BCUT2D eigenvalue weighted by molar-refractivity contribution is 6.05. The Bertz CT molecular complexity index is 758. The molecular formula is C18H20N2O4. The number of carbonyl (C=O) groups is 1. The van der Waals surface area contributed by atoms with Crippen LogP contribution < -0.4 is 10.1 Å². The van der Waals surface area contributed by atoms with Crippen molar-refractivity contribution in [3.63, 3.8) is 0 Å². The van der Waals surface area contributed by atoms with E-state index >= 15 is 0 Å². The lowest BCUT2D eigenvalue weighted by molar-refractivity contribution is -0.385. The zero-order valence-electron chi connectivity index (χ0n) is 13.9. The number of para-hydroxylation sites is 1. The fraction of sp³-hybridized carbons (Fsp3) is 0.278. The van der Waals surface area contributed by atoms with Crippen molar-refractivity contribution in [1.82, 2.24) is 0 Å². The van der Waals surface area contributed by atoms with Gasteiger partial charge in [0.1, 0.15) is 0 Å². The Labute approximate surface area is 140 Å². The van der Waals surface area contributed by atoms with Crippen LogP contribution in [0.3, 0.4) is 0 Å². The molecule has 1 N–H and O–H groups in total. The third kappa shape index (κ3) is 3.71. The van der Waals surface area contributed by atoms with Crippen LogP contribution in [-0.2, 0) is 0 Å². The van der Waals surface area contributed by atoms with Crippen molar-refractivity contribution in [1.29, 1.82) is 0 Å². The average Bonchev–Trinajstić information content (AvgIpc) is 2.60. The monoisotopic (exact) mass is 328 g/mol. The molecule has 0 aliphatic carbocycles. The van der Waals surface area contributed by atoms with Crippen molar-refractivity contribution >= 4 is 17.3 Å². The van der Waals surface area contributed by atoms with Gasteiger partial charge in [0.15, 0.2) is 5.75 Å². The Morgan fingerprint density at radius 2 is 2.00 bits per heavy atom. The highest BCUT2D eigenvalue weighted by atomic mass is 16.6. The second kappa shape index (κ2) is 7.59. The van der Waals surface area contributed by atoms with Gasteiger partial charge in [-0.2, -0.15) is 0 Å². The molecule has 1 atom stereocenters. The first kappa shape index (κ1) is 17.5. The summed E-state index contributed by atoms with van der Waals surface area (Å²) in [5.74, 6) is 0.0276. The van der Waals surface area contributed by atoms with Crippen LogP contribution in [0.5, 0.6) is 5.75 Å². The van der Waals surface area contributed by atoms with Crippen LogP contribution in [0.4, 0.5) is 11.4 Å². The lowest BCUT2D eigenvalue weighted by atomic mass is 9.97. The molecule has 0 bridgehead atoms. The molecule has 0 saturated heterocycles. The van der Waals surface area contributed by atoms with Gasteiger partial charge in [-0.1, -0.05) is 32.0 Å². The van der Waals surface area contributed by atoms with E-state index < -0.39 is 10.8 Å². The Hall–Kier alpha value is -2.89. The Kier molecular flexibility index (Phi) is 5.52. The van der Waals surface area contributed by atoms with Crippen LogP contribution >= 0.6 is 0 Å². The van der Waals surface area contributed by atoms with Crippen molar-refractivity contribution < 1.29 is 14.5 Å². The number of nitro groups is 1. The molecule has 2 rings (SSSR count). The van der Waals surface area contributed by atoms with E-state index in [1.807, 2.05) is 24.3 Å². The van der Waals surface area contributed by atoms with Gasteiger partial charge in [-0.3, -0.25) is 14.9 Å². The maximum atomic E-state index is 12.5. The number of benzene rings is 2. The van der Waals surface area contributed by atoms with Gasteiger partial charge in [0.05, 0.1) is 12.0 Å². The molecule has 126 valence electrons. The molecule has 0 heterocycles. The van der Waals surface area contributed by atoms with E-state index in [9.17, 15) is 14.9 Å². The van der Waals surface area contributed by atoms with Gasteiger partial charge in [0.2, 0.25) is 0 Å². The largest absolute Gasteiger partial charge is 0.490 e. The van der Waals surface area contributed by atoms with E-state index in [0.29, 0.717) is 5.92 Å². The number of nitro benzene ring substituents is 1. The number of carbonyl (C=O) groups excluding carboxylic acids is 1. The van der Waals surface area contributed by atoms with E-state index in [2.05, 4.69) is 19.2 Å². The highest BCUT2D eigenvalue weighted by Gasteiger charge is 2.19. The Balaban J connectivity index is 2.31. The maximum absolute atomic E-state index is 12.5. The van der Waals surface area contributed by atoms with Crippen LogP contribution in [0, 0.1) is 10.1 Å². The molecule has 0 unspecified atom stereocenters. The second-order valence-corrected chi connectivity index (χ2v) is 5.49.